The first kappa shape index (κ1) is 17.3. The number of likely N-dealkylation sites (tertiary alicyclic amines) is 1. The molecule has 1 atom stereocenters. The van der Waals surface area contributed by atoms with Gasteiger partial charge in [-0.1, -0.05) is 0 Å². The van der Waals surface area contributed by atoms with Gasteiger partial charge in [0.1, 0.15) is 5.41 Å². The minimum atomic E-state index is -0.926. The molecule has 25 heavy (non-hydrogen) atoms. The fourth-order valence-corrected chi connectivity index (χ4v) is 6.91. The molecule has 4 saturated carbocycles. The van der Waals surface area contributed by atoms with Gasteiger partial charge in [-0.05, 0) is 74.5 Å². The zero-order chi connectivity index (χ0) is 17.7. The van der Waals surface area contributed by atoms with Crippen molar-refractivity contribution in [3.8, 4) is 0 Å². The number of hydrogen-bond donors (Lipinski definition) is 1. The highest BCUT2D eigenvalue weighted by atomic mass is 16.5. The third-order valence-electron chi connectivity index (χ3n) is 7.50. The summed E-state index contributed by atoms with van der Waals surface area (Å²) in [6.07, 6.45) is 9.80. The first-order valence-electron chi connectivity index (χ1n) is 9.94. The molecular weight excluding hydrogens is 318 g/mol. The lowest BCUT2D eigenvalue weighted by Gasteiger charge is -2.57. The van der Waals surface area contributed by atoms with Crippen molar-refractivity contribution < 1.29 is 19.4 Å². The summed E-state index contributed by atoms with van der Waals surface area (Å²) in [7, 11) is 1.54. The maximum Gasteiger partial charge on any atom is 0.313 e. The van der Waals surface area contributed by atoms with E-state index in [0.717, 1.165) is 24.2 Å². The lowest BCUT2D eigenvalue weighted by molar-refractivity contribution is -0.160. The molecule has 5 nitrogen and oxygen atoms in total. The summed E-state index contributed by atoms with van der Waals surface area (Å²) in [6.45, 7) is 1.19. The van der Waals surface area contributed by atoms with E-state index in [1.54, 1.807) is 7.11 Å². The summed E-state index contributed by atoms with van der Waals surface area (Å²) in [5, 5.41) is 9.70. The van der Waals surface area contributed by atoms with Crippen LogP contribution < -0.4 is 0 Å². The Hall–Kier alpha value is -1.10. The Bertz CT molecular complexity index is 521. The van der Waals surface area contributed by atoms with E-state index in [4.69, 9.17) is 4.74 Å². The number of carbonyl (C=O) groups is 2. The third-order valence-corrected chi connectivity index (χ3v) is 7.50. The van der Waals surface area contributed by atoms with E-state index in [9.17, 15) is 14.7 Å². The van der Waals surface area contributed by atoms with Crippen molar-refractivity contribution in [2.24, 2.45) is 28.6 Å². The van der Waals surface area contributed by atoms with Crippen LogP contribution >= 0.6 is 0 Å². The van der Waals surface area contributed by atoms with E-state index in [1.807, 2.05) is 4.90 Å². The van der Waals surface area contributed by atoms with E-state index >= 15 is 0 Å². The van der Waals surface area contributed by atoms with Crippen LogP contribution in [0.25, 0.3) is 0 Å². The molecule has 1 amide bonds. The highest BCUT2D eigenvalue weighted by molar-refractivity contribution is 5.80. The van der Waals surface area contributed by atoms with Crippen LogP contribution in [0.1, 0.15) is 57.8 Å². The van der Waals surface area contributed by atoms with E-state index in [0.29, 0.717) is 25.9 Å². The molecule has 5 heteroatoms. The summed E-state index contributed by atoms with van der Waals surface area (Å²) < 4.78 is 5.19. The average Bonchev–Trinajstić information content (AvgIpc) is 2.53. The number of carboxylic acid groups (broad SMARTS) is 1. The van der Waals surface area contributed by atoms with E-state index in [-0.39, 0.29) is 17.9 Å². The summed E-state index contributed by atoms with van der Waals surface area (Å²) in [6, 6.07) is 0. The van der Waals surface area contributed by atoms with Gasteiger partial charge in [0.2, 0.25) is 5.91 Å². The minimum absolute atomic E-state index is 0.184. The van der Waals surface area contributed by atoms with Gasteiger partial charge in [0.15, 0.2) is 0 Å². The monoisotopic (exact) mass is 349 g/mol. The standard InChI is InChI=1S/C20H31NO4/c1-25-13-20(18(23)24)3-2-4-21(12-20)17(22)11-19-8-14-5-15(9-19)7-16(6-14)10-19/h14-16H,2-13H2,1H3,(H,23,24). The van der Waals surface area contributed by atoms with Crippen molar-refractivity contribution in [1.29, 1.82) is 0 Å². The van der Waals surface area contributed by atoms with Gasteiger partial charge in [0, 0.05) is 26.6 Å². The molecular formula is C20H31NO4. The van der Waals surface area contributed by atoms with Crippen LogP contribution in [-0.4, -0.2) is 48.7 Å². The maximum atomic E-state index is 13.1. The number of carboxylic acids is 1. The smallest absolute Gasteiger partial charge is 0.313 e. The molecule has 1 aliphatic heterocycles. The van der Waals surface area contributed by atoms with Gasteiger partial charge in [-0.15, -0.1) is 0 Å². The molecule has 4 aliphatic carbocycles. The second-order valence-corrected chi connectivity index (χ2v) is 9.53. The maximum absolute atomic E-state index is 13.1. The van der Waals surface area contributed by atoms with Gasteiger partial charge in [0.25, 0.3) is 0 Å². The molecule has 5 fully saturated rings. The Morgan fingerprint density at radius 1 is 1.12 bits per heavy atom. The molecule has 140 valence electrons. The summed E-state index contributed by atoms with van der Waals surface area (Å²) in [5.41, 5.74) is -0.708. The molecule has 4 bridgehead atoms. The summed E-state index contributed by atoms with van der Waals surface area (Å²) >= 11 is 0. The van der Waals surface area contributed by atoms with Crippen molar-refractivity contribution in [2.75, 3.05) is 26.8 Å². The first-order chi connectivity index (χ1) is 11.9. The fraction of sp³-hybridized carbons (Fsp3) is 0.900. The van der Waals surface area contributed by atoms with Gasteiger partial charge in [-0.2, -0.15) is 0 Å². The Balaban J connectivity index is 1.45. The van der Waals surface area contributed by atoms with Crippen molar-refractivity contribution >= 4 is 11.9 Å². The third kappa shape index (κ3) is 3.09. The Kier molecular flexibility index (Phi) is 4.33. The average molecular weight is 349 g/mol. The van der Waals surface area contributed by atoms with Gasteiger partial charge in [0.05, 0.1) is 6.61 Å². The van der Waals surface area contributed by atoms with Crippen molar-refractivity contribution in [3.63, 3.8) is 0 Å². The van der Waals surface area contributed by atoms with Crippen LogP contribution in [0, 0.1) is 28.6 Å². The van der Waals surface area contributed by atoms with Crippen LogP contribution in [0.2, 0.25) is 0 Å². The number of hydrogen-bond acceptors (Lipinski definition) is 3. The second kappa shape index (κ2) is 6.26. The zero-order valence-corrected chi connectivity index (χ0v) is 15.3. The predicted molar refractivity (Wildman–Crippen MR) is 93.0 cm³/mol. The highest BCUT2D eigenvalue weighted by Gasteiger charge is 2.52. The predicted octanol–water partition coefficient (Wildman–Crippen LogP) is 2.93. The number of carbonyl (C=O) groups excluding carboxylic acids is 1. The molecule has 1 saturated heterocycles. The molecule has 1 N–H and O–H groups in total. The summed E-state index contributed by atoms with van der Waals surface area (Å²) in [5.74, 6) is 1.87. The molecule has 0 spiro atoms. The highest BCUT2D eigenvalue weighted by Crippen LogP contribution is 2.61. The quantitative estimate of drug-likeness (QED) is 0.829. The number of methoxy groups -OCH3 is 1. The minimum Gasteiger partial charge on any atom is -0.481 e. The SMILES string of the molecule is COCC1(C(=O)O)CCCN(C(=O)CC23CC4CC(CC(C4)C2)C3)C1. The van der Waals surface area contributed by atoms with Crippen LogP contribution in [-0.2, 0) is 14.3 Å². The first-order valence-corrected chi connectivity index (χ1v) is 9.94. The molecule has 0 radical (unpaired) electrons. The lowest BCUT2D eigenvalue weighted by atomic mass is 9.49. The summed E-state index contributed by atoms with van der Waals surface area (Å²) in [4.78, 5) is 26.7. The van der Waals surface area contributed by atoms with Crippen LogP contribution in [0.5, 0.6) is 0 Å². The molecule has 5 rings (SSSR count). The largest absolute Gasteiger partial charge is 0.481 e. The number of piperidine rings is 1. The molecule has 1 heterocycles. The van der Waals surface area contributed by atoms with Crippen molar-refractivity contribution in [3.05, 3.63) is 0 Å². The second-order valence-electron chi connectivity index (χ2n) is 9.53. The Labute approximate surface area is 150 Å². The number of nitrogens with zero attached hydrogens (tertiary/aromatic N) is 1. The van der Waals surface area contributed by atoms with Gasteiger partial charge in [-0.25, -0.2) is 0 Å². The molecule has 0 aromatic rings. The van der Waals surface area contributed by atoms with Crippen LogP contribution in [0.15, 0.2) is 0 Å². The number of amides is 1. The zero-order valence-electron chi connectivity index (χ0n) is 15.3. The number of rotatable bonds is 5. The molecule has 0 aromatic heterocycles. The van der Waals surface area contributed by atoms with Gasteiger partial charge < -0.3 is 14.7 Å². The molecule has 5 aliphatic rings. The number of aliphatic carboxylic acids is 1. The molecule has 1 unspecified atom stereocenters. The van der Waals surface area contributed by atoms with Crippen molar-refractivity contribution in [2.45, 2.75) is 57.8 Å². The normalized spacial score (nSPS) is 42.6. The van der Waals surface area contributed by atoms with E-state index < -0.39 is 11.4 Å². The van der Waals surface area contributed by atoms with E-state index in [2.05, 4.69) is 0 Å². The Morgan fingerprint density at radius 3 is 2.24 bits per heavy atom. The van der Waals surface area contributed by atoms with Crippen LogP contribution in [0.4, 0.5) is 0 Å². The Morgan fingerprint density at radius 2 is 1.72 bits per heavy atom. The lowest BCUT2D eigenvalue weighted by Crippen LogP contribution is -2.54. The van der Waals surface area contributed by atoms with Crippen LogP contribution in [0.3, 0.4) is 0 Å². The fourth-order valence-electron chi connectivity index (χ4n) is 6.91. The van der Waals surface area contributed by atoms with E-state index in [1.165, 1.54) is 38.5 Å². The molecule has 0 aromatic carbocycles. The van der Waals surface area contributed by atoms with Gasteiger partial charge >= 0.3 is 5.97 Å². The number of ether oxygens (including phenoxy) is 1. The topological polar surface area (TPSA) is 66.8 Å². The van der Waals surface area contributed by atoms with Gasteiger partial charge in [-0.3, -0.25) is 9.59 Å². The van der Waals surface area contributed by atoms with Crippen molar-refractivity contribution in [1.82, 2.24) is 4.90 Å².